The molecule has 1 aromatic rings. The van der Waals surface area contributed by atoms with Gasteiger partial charge in [-0.2, -0.15) is 0 Å². The van der Waals surface area contributed by atoms with Gasteiger partial charge in [0.1, 0.15) is 11.2 Å². The number of ether oxygens (including phenoxy) is 1. The van der Waals surface area contributed by atoms with E-state index in [1.54, 1.807) is 20.8 Å². The number of nitrogens with zero attached hydrogens (tertiary/aromatic N) is 2. The number of benzene rings is 1. The largest absolute Gasteiger partial charge is 0.444 e. The summed E-state index contributed by atoms with van der Waals surface area (Å²) in [7, 11) is 0. The molecule has 28 heavy (non-hydrogen) atoms. The summed E-state index contributed by atoms with van der Waals surface area (Å²) < 4.78 is 5.25. The summed E-state index contributed by atoms with van der Waals surface area (Å²) >= 11 is 0. The summed E-state index contributed by atoms with van der Waals surface area (Å²) in [5.41, 5.74) is -0.991. The van der Waals surface area contributed by atoms with Crippen LogP contribution in [0.5, 0.6) is 0 Å². The fraction of sp³-hybridized carbons (Fsp3) is 0.526. The van der Waals surface area contributed by atoms with Crippen molar-refractivity contribution in [3.63, 3.8) is 0 Å². The molecular formula is C19H23N3O6. The predicted molar refractivity (Wildman–Crippen MR) is 99.0 cm³/mol. The predicted octanol–water partition coefficient (Wildman–Crippen LogP) is 3.03. The van der Waals surface area contributed by atoms with E-state index in [0.717, 1.165) is 4.90 Å². The molecular weight excluding hydrogens is 366 g/mol. The van der Waals surface area contributed by atoms with Gasteiger partial charge in [-0.15, -0.1) is 0 Å². The van der Waals surface area contributed by atoms with Crippen molar-refractivity contribution in [2.75, 3.05) is 0 Å². The van der Waals surface area contributed by atoms with Crippen LogP contribution in [0.3, 0.4) is 0 Å². The Bertz CT molecular complexity index is 837. The fourth-order valence-electron chi connectivity index (χ4n) is 3.72. The lowest BCUT2D eigenvalue weighted by Gasteiger charge is -2.34. The van der Waals surface area contributed by atoms with Crippen LogP contribution in [0, 0.1) is 10.1 Å². The zero-order valence-electron chi connectivity index (χ0n) is 16.1. The molecule has 1 aliphatic heterocycles. The van der Waals surface area contributed by atoms with E-state index in [1.807, 2.05) is 0 Å². The van der Waals surface area contributed by atoms with Gasteiger partial charge in [0.25, 0.3) is 17.5 Å². The average Bonchev–Trinajstić information content (AvgIpc) is 2.85. The molecule has 1 heterocycles. The number of nitro benzene ring substituents is 1. The number of hydrogen-bond donors (Lipinski definition) is 1. The van der Waals surface area contributed by atoms with Crippen molar-refractivity contribution in [2.45, 2.75) is 64.1 Å². The quantitative estimate of drug-likeness (QED) is 0.482. The van der Waals surface area contributed by atoms with Crippen molar-refractivity contribution in [1.82, 2.24) is 10.2 Å². The van der Waals surface area contributed by atoms with Gasteiger partial charge < -0.3 is 10.1 Å². The molecule has 0 spiro atoms. The first-order valence-electron chi connectivity index (χ1n) is 9.23. The number of rotatable bonds is 3. The molecule has 1 aromatic carbocycles. The van der Waals surface area contributed by atoms with Crippen LogP contribution in [-0.4, -0.2) is 45.4 Å². The Morgan fingerprint density at radius 3 is 2.39 bits per heavy atom. The summed E-state index contributed by atoms with van der Waals surface area (Å²) in [6.07, 6.45) is 1.70. The van der Waals surface area contributed by atoms with Gasteiger partial charge in [0.2, 0.25) is 0 Å². The Labute approximate surface area is 162 Å². The highest BCUT2D eigenvalue weighted by molar-refractivity contribution is 6.23. The summed E-state index contributed by atoms with van der Waals surface area (Å²) in [5, 5.41) is 14.0. The summed E-state index contributed by atoms with van der Waals surface area (Å²) in [6, 6.07) is 3.64. The molecule has 0 atom stereocenters. The number of alkyl carbamates (subject to hydrolysis) is 1. The van der Waals surface area contributed by atoms with E-state index in [9.17, 15) is 24.5 Å². The van der Waals surface area contributed by atoms with Crippen molar-refractivity contribution in [2.24, 2.45) is 0 Å². The van der Waals surface area contributed by atoms with Crippen LogP contribution in [0.25, 0.3) is 0 Å². The van der Waals surface area contributed by atoms with E-state index in [4.69, 9.17) is 4.74 Å². The average molecular weight is 389 g/mol. The second kappa shape index (κ2) is 7.21. The van der Waals surface area contributed by atoms with Crippen LogP contribution >= 0.6 is 0 Å². The van der Waals surface area contributed by atoms with Crippen LogP contribution in [-0.2, 0) is 4.74 Å². The second-order valence-electron chi connectivity index (χ2n) is 8.09. The number of carbonyl (C=O) groups is 3. The topological polar surface area (TPSA) is 119 Å². The van der Waals surface area contributed by atoms with Crippen LogP contribution in [0.1, 0.15) is 67.2 Å². The Morgan fingerprint density at radius 1 is 1.18 bits per heavy atom. The van der Waals surface area contributed by atoms with Gasteiger partial charge in [-0.3, -0.25) is 24.6 Å². The van der Waals surface area contributed by atoms with Gasteiger partial charge >= 0.3 is 6.09 Å². The summed E-state index contributed by atoms with van der Waals surface area (Å²) in [4.78, 5) is 49.1. The highest BCUT2D eigenvalue weighted by Crippen LogP contribution is 2.35. The number of hydrogen-bond acceptors (Lipinski definition) is 6. The lowest BCUT2D eigenvalue weighted by atomic mass is 9.90. The van der Waals surface area contributed by atoms with Crippen molar-refractivity contribution in [3.05, 3.63) is 39.4 Å². The molecule has 0 saturated heterocycles. The zero-order valence-corrected chi connectivity index (χ0v) is 16.1. The Kier molecular flexibility index (Phi) is 5.10. The van der Waals surface area contributed by atoms with Gasteiger partial charge in [-0.05, 0) is 52.5 Å². The molecule has 150 valence electrons. The number of nitrogens with one attached hydrogen (secondary N) is 1. The van der Waals surface area contributed by atoms with Gasteiger partial charge in [-0.1, -0.05) is 6.07 Å². The Hall–Kier alpha value is -2.97. The number of nitro groups is 1. The molecule has 3 rings (SSSR count). The standard InChI is InChI=1S/C19H23N3O6/c1-19(2,3)28-18(25)20-11-7-9-12(10-8-11)21-16(23)13-5-4-6-14(22(26)27)15(13)17(21)24/h4-6,11-12H,7-10H2,1-3H3,(H,20,25). The van der Waals surface area contributed by atoms with E-state index in [0.29, 0.717) is 25.7 Å². The maximum absolute atomic E-state index is 12.8. The monoisotopic (exact) mass is 389 g/mol. The summed E-state index contributed by atoms with van der Waals surface area (Å²) in [6.45, 7) is 5.35. The van der Waals surface area contributed by atoms with Crippen molar-refractivity contribution in [1.29, 1.82) is 0 Å². The third-order valence-corrected chi connectivity index (χ3v) is 4.90. The van der Waals surface area contributed by atoms with E-state index in [2.05, 4.69) is 5.32 Å². The van der Waals surface area contributed by atoms with Crippen molar-refractivity contribution in [3.8, 4) is 0 Å². The minimum atomic E-state index is -0.644. The van der Waals surface area contributed by atoms with Gasteiger partial charge in [0.05, 0.1) is 10.5 Å². The van der Waals surface area contributed by atoms with Gasteiger partial charge in [-0.25, -0.2) is 4.79 Å². The number of carbonyl (C=O) groups excluding carboxylic acids is 3. The molecule has 0 aromatic heterocycles. The molecule has 0 unspecified atom stereocenters. The van der Waals surface area contributed by atoms with E-state index >= 15 is 0 Å². The van der Waals surface area contributed by atoms with Crippen molar-refractivity contribution >= 4 is 23.6 Å². The highest BCUT2D eigenvalue weighted by atomic mass is 16.6. The zero-order chi connectivity index (χ0) is 20.6. The first-order valence-corrected chi connectivity index (χ1v) is 9.23. The van der Waals surface area contributed by atoms with Crippen LogP contribution < -0.4 is 5.32 Å². The molecule has 1 aliphatic carbocycles. The SMILES string of the molecule is CC(C)(C)OC(=O)NC1CCC(N2C(=O)c3cccc([N+](=O)[O-])c3C2=O)CC1. The molecule has 9 nitrogen and oxygen atoms in total. The molecule has 1 saturated carbocycles. The minimum Gasteiger partial charge on any atom is -0.444 e. The first-order chi connectivity index (χ1) is 13.1. The normalized spacial score (nSPS) is 22.0. The maximum Gasteiger partial charge on any atom is 0.407 e. The smallest absolute Gasteiger partial charge is 0.407 e. The van der Waals surface area contributed by atoms with Crippen LogP contribution in [0.15, 0.2) is 18.2 Å². The Morgan fingerprint density at radius 2 is 1.82 bits per heavy atom. The van der Waals surface area contributed by atoms with E-state index < -0.39 is 28.4 Å². The van der Waals surface area contributed by atoms with Crippen molar-refractivity contribution < 1.29 is 24.0 Å². The van der Waals surface area contributed by atoms with Gasteiger partial charge in [0.15, 0.2) is 0 Å². The van der Waals surface area contributed by atoms with Crippen LogP contribution in [0.2, 0.25) is 0 Å². The third-order valence-electron chi connectivity index (χ3n) is 4.90. The first kappa shape index (κ1) is 19.8. The molecule has 1 fully saturated rings. The number of imide groups is 1. The molecule has 3 amide bonds. The minimum absolute atomic E-state index is 0.0770. The lowest BCUT2D eigenvalue weighted by molar-refractivity contribution is -0.385. The van der Waals surface area contributed by atoms with Crippen LogP contribution in [0.4, 0.5) is 10.5 Å². The number of fused-ring (bicyclic) bond motifs is 1. The maximum atomic E-state index is 12.8. The molecule has 2 aliphatic rings. The summed E-state index contributed by atoms with van der Waals surface area (Å²) in [5.74, 6) is -1.11. The van der Waals surface area contributed by atoms with E-state index in [1.165, 1.54) is 18.2 Å². The molecule has 0 bridgehead atoms. The highest BCUT2D eigenvalue weighted by Gasteiger charge is 2.45. The molecule has 1 N–H and O–H groups in total. The Balaban J connectivity index is 1.66. The lowest BCUT2D eigenvalue weighted by Crippen LogP contribution is -2.46. The number of amides is 3. The fourth-order valence-corrected chi connectivity index (χ4v) is 3.72. The van der Waals surface area contributed by atoms with Gasteiger partial charge in [0, 0.05) is 18.2 Å². The molecule has 9 heteroatoms. The third kappa shape index (κ3) is 3.83. The molecule has 0 radical (unpaired) electrons. The second-order valence-corrected chi connectivity index (χ2v) is 8.09. The van der Waals surface area contributed by atoms with E-state index in [-0.39, 0.29) is 28.9 Å².